The van der Waals surface area contributed by atoms with Crippen molar-refractivity contribution in [3.05, 3.63) is 89.1 Å². The predicted molar refractivity (Wildman–Crippen MR) is 164 cm³/mol. The lowest BCUT2D eigenvalue weighted by Gasteiger charge is -2.22. The number of hydrogen-bond acceptors (Lipinski definition) is 3. The molecule has 2 nitrogen and oxygen atoms in total. The van der Waals surface area contributed by atoms with E-state index in [1.54, 1.807) is 11.3 Å². The molecule has 0 saturated carbocycles. The van der Waals surface area contributed by atoms with Gasteiger partial charge in [-0.1, -0.05) is 65.0 Å². The van der Waals surface area contributed by atoms with Crippen LogP contribution < -0.4 is 0 Å². The first-order chi connectivity index (χ1) is 18.1. The lowest BCUT2D eigenvalue weighted by molar-refractivity contribution is 0.596. The Kier molecular flexibility index (Phi) is 5.96. The van der Waals surface area contributed by atoms with E-state index >= 15 is 0 Å². The molecule has 0 aliphatic heterocycles. The Balaban J connectivity index is 1.55. The number of furan rings is 1. The molecule has 0 aliphatic carbocycles. The number of hydrogen-bond donors (Lipinski definition) is 0. The standard InChI is InChI=1S/C35H35NOS/c1-20(2)16-23-12-13-30-28(17-23)21(3)32(37-30)33-22(4)26-14-15-36-31(34(26)38-33)25-18-24-10-8-9-11-27(24)29(19-25)35(5,6)7/h8-15,17-20H,16H2,1-7H3. The Morgan fingerprint density at radius 1 is 0.868 bits per heavy atom. The highest BCUT2D eigenvalue weighted by molar-refractivity contribution is 7.23. The normalized spacial score (nSPS) is 12.4. The number of pyridine rings is 1. The van der Waals surface area contributed by atoms with Crippen LogP contribution in [0, 0.1) is 19.8 Å². The Hall–Kier alpha value is -3.43. The van der Waals surface area contributed by atoms with Crippen LogP contribution in [0.4, 0.5) is 0 Å². The summed E-state index contributed by atoms with van der Waals surface area (Å²) in [4.78, 5) is 6.14. The number of thiophene rings is 1. The van der Waals surface area contributed by atoms with Crippen LogP contribution in [0.1, 0.15) is 56.9 Å². The highest BCUT2D eigenvalue weighted by atomic mass is 32.1. The molecule has 3 aromatic carbocycles. The molecule has 0 unspecified atom stereocenters. The fraction of sp³-hybridized carbons (Fsp3) is 0.286. The monoisotopic (exact) mass is 517 g/mol. The Labute approximate surface area is 229 Å². The van der Waals surface area contributed by atoms with Crippen molar-refractivity contribution in [2.45, 2.75) is 60.3 Å². The summed E-state index contributed by atoms with van der Waals surface area (Å²) in [5, 5.41) is 5.04. The Bertz CT molecular complexity index is 1830. The van der Waals surface area contributed by atoms with Gasteiger partial charge in [0.05, 0.1) is 15.3 Å². The minimum absolute atomic E-state index is 0.0276. The smallest absolute Gasteiger partial charge is 0.148 e. The van der Waals surface area contributed by atoms with Crippen LogP contribution in [0.15, 0.2) is 71.3 Å². The first kappa shape index (κ1) is 24.9. The van der Waals surface area contributed by atoms with E-state index in [1.807, 2.05) is 6.20 Å². The van der Waals surface area contributed by atoms with Crippen molar-refractivity contribution in [2.75, 3.05) is 0 Å². The second-order valence-electron chi connectivity index (χ2n) is 12.1. The topological polar surface area (TPSA) is 26.0 Å². The van der Waals surface area contributed by atoms with E-state index in [2.05, 4.69) is 109 Å². The van der Waals surface area contributed by atoms with Gasteiger partial charge in [0, 0.05) is 22.7 Å². The molecular formula is C35H35NOS. The summed E-state index contributed by atoms with van der Waals surface area (Å²) in [6, 6.07) is 22.2. The van der Waals surface area contributed by atoms with E-state index in [1.165, 1.54) is 58.9 Å². The molecule has 0 saturated heterocycles. The predicted octanol–water partition coefficient (Wildman–Crippen LogP) is 10.6. The van der Waals surface area contributed by atoms with Crippen LogP contribution in [0.3, 0.4) is 0 Å². The molecule has 6 rings (SSSR count). The molecular weight excluding hydrogens is 482 g/mol. The van der Waals surface area contributed by atoms with Gasteiger partial charge in [-0.05, 0) is 94.8 Å². The summed E-state index contributed by atoms with van der Waals surface area (Å²) < 4.78 is 7.73. The summed E-state index contributed by atoms with van der Waals surface area (Å²) in [6.45, 7) is 15.8. The van der Waals surface area contributed by atoms with Crippen LogP contribution in [-0.2, 0) is 11.8 Å². The third kappa shape index (κ3) is 4.14. The molecule has 3 aromatic heterocycles. The number of nitrogens with zero attached hydrogens (tertiary/aromatic N) is 1. The van der Waals surface area contributed by atoms with Crippen molar-refractivity contribution in [3.8, 4) is 21.9 Å². The van der Waals surface area contributed by atoms with Gasteiger partial charge in [0.25, 0.3) is 0 Å². The quantitative estimate of drug-likeness (QED) is 0.232. The van der Waals surface area contributed by atoms with E-state index in [0.29, 0.717) is 5.92 Å². The van der Waals surface area contributed by atoms with Crippen molar-refractivity contribution < 1.29 is 4.42 Å². The average molecular weight is 518 g/mol. The van der Waals surface area contributed by atoms with Crippen molar-refractivity contribution in [1.29, 1.82) is 0 Å². The lowest BCUT2D eigenvalue weighted by atomic mass is 9.82. The molecule has 0 spiro atoms. The van der Waals surface area contributed by atoms with Crippen LogP contribution in [0.5, 0.6) is 0 Å². The first-order valence-corrected chi connectivity index (χ1v) is 14.4. The van der Waals surface area contributed by atoms with Gasteiger partial charge in [-0.25, -0.2) is 0 Å². The van der Waals surface area contributed by atoms with E-state index < -0.39 is 0 Å². The van der Waals surface area contributed by atoms with Gasteiger partial charge in [-0.15, -0.1) is 11.3 Å². The molecule has 0 radical (unpaired) electrons. The summed E-state index contributed by atoms with van der Waals surface area (Å²) in [5.74, 6) is 1.61. The zero-order valence-electron chi connectivity index (χ0n) is 23.4. The zero-order valence-corrected chi connectivity index (χ0v) is 24.2. The lowest BCUT2D eigenvalue weighted by Crippen LogP contribution is -2.12. The van der Waals surface area contributed by atoms with Gasteiger partial charge < -0.3 is 4.42 Å². The maximum Gasteiger partial charge on any atom is 0.148 e. The largest absolute Gasteiger partial charge is 0.455 e. The maximum absolute atomic E-state index is 6.51. The van der Waals surface area contributed by atoms with Gasteiger partial charge in [0.2, 0.25) is 0 Å². The highest BCUT2D eigenvalue weighted by Crippen LogP contribution is 2.46. The molecule has 3 heterocycles. The number of rotatable bonds is 4. The van der Waals surface area contributed by atoms with Gasteiger partial charge in [-0.2, -0.15) is 0 Å². The fourth-order valence-electron chi connectivity index (χ4n) is 5.72. The molecule has 6 aromatic rings. The van der Waals surface area contributed by atoms with E-state index in [9.17, 15) is 0 Å². The molecule has 0 amide bonds. The molecule has 192 valence electrons. The zero-order chi connectivity index (χ0) is 26.8. The number of aromatic nitrogens is 1. The van der Waals surface area contributed by atoms with Crippen molar-refractivity contribution in [3.63, 3.8) is 0 Å². The highest BCUT2D eigenvalue weighted by Gasteiger charge is 2.23. The number of benzene rings is 3. The van der Waals surface area contributed by atoms with E-state index in [4.69, 9.17) is 9.40 Å². The van der Waals surface area contributed by atoms with E-state index in [0.717, 1.165) is 23.5 Å². The average Bonchev–Trinajstić information content (AvgIpc) is 3.38. The van der Waals surface area contributed by atoms with E-state index in [-0.39, 0.29) is 5.41 Å². The molecule has 0 aliphatic rings. The minimum atomic E-state index is 0.0276. The number of fused-ring (bicyclic) bond motifs is 3. The molecule has 0 N–H and O–H groups in total. The number of aryl methyl sites for hydroxylation is 2. The van der Waals surface area contributed by atoms with Gasteiger partial charge >= 0.3 is 0 Å². The molecule has 0 bridgehead atoms. The van der Waals surface area contributed by atoms with Crippen LogP contribution in [-0.4, -0.2) is 4.98 Å². The molecule has 3 heteroatoms. The maximum atomic E-state index is 6.51. The molecule has 38 heavy (non-hydrogen) atoms. The molecule has 0 fully saturated rings. The van der Waals surface area contributed by atoms with Gasteiger partial charge in [0.15, 0.2) is 0 Å². The Morgan fingerprint density at radius 2 is 1.66 bits per heavy atom. The second kappa shape index (κ2) is 9.10. The first-order valence-electron chi connectivity index (χ1n) is 13.6. The van der Waals surface area contributed by atoms with Crippen molar-refractivity contribution in [2.24, 2.45) is 5.92 Å². The summed E-state index contributed by atoms with van der Waals surface area (Å²) in [5.41, 5.74) is 8.41. The van der Waals surface area contributed by atoms with Crippen LogP contribution >= 0.6 is 11.3 Å². The second-order valence-corrected chi connectivity index (χ2v) is 13.1. The third-order valence-corrected chi connectivity index (χ3v) is 8.96. The Morgan fingerprint density at radius 3 is 2.42 bits per heavy atom. The van der Waals surface area contributed by atoms with Crippen LogP contribution in [0.2, 0.25) is 0 Å². The van der Waals surface area contributed by atoms with Gasteiger partial charge in [-0.3, -0.25) is 4.98 Å². The van der Waals surface area contributed by atoms with Crippen molar-refractivity contribution in [1.82, 2.24) is 4.98 Å². The summed E-state index contributed by atoms with van der Waals surface area (Å²) in [6.07, 6.45) is 3.03. The van der Waals surface area contributed by atoms with Gasteiger partial charge in [0.1, 0.15) is 11.3 Å². The fourth-order valence-corrected chi connectivity index (χ4v) is 7.07. The van der Waals surface area contributed by atoms with Crippen LogP contribution in [0.25, 0.3) is 53.7 Å². The van der Waals surface area contributed by atoms with Crippen molar-refractivity contribution >= 4 is 43.2 Å². The SMILES string of the molecule is Cc1c(-c2sc3c(-c4cc(C(C)(C)C)c5ccccc5c4)nccc3c2C)oc2ccc(CC(C)C)cc12. The summed E-state index contributed by atoms with van der Waals surface area (Å²) in [7, 11) is 0. The summed E-state index contributed by atoms with van der Waals surface area (Å²) >= 11 is 1.81. The minimum Gasteiger partial charge on any atom is -0.455 e. The third-order valence-electron chi connectivity index (χ3n) is 7.65. The molecule has 0 atom stereocenters.